The number of aromatic nitrogens is 3. The summed E-state index contributed by atoms with van der Waals surface area (Å²) in [5, 5.41) is 21.8. The number of H-pyrrole nitrogens is 1. The Morgan fingerprint density at radius 1 is 1.03 bits per heavy atom. The van der Waals surface area contributed by atoms with Crippen molar-refractivity contribution in [2.24, 2.45) is 0 Å². The molecule has 0 atom stereocenters. The summed E-state index contributed by atoms with van der Waals surface area (Å²) in [4.78, 5) is 24.2. The monoisotopic (exact) mass is 538 g/mol. The summed E-state index contributed by atoms with van der Waals surface area (Å²) < 4.78 is 74.7. The second-order valence-electron chi connectivity index (χ2n) is 7.31. The Bertz CT molecular complexity index is 1110. The van der Waals surface area contributed by atoms with E-state index < -0.39 is 24.3 Å². The molecule has 0 saturated heterocycles. The Kier molecular flexibility index (Phi) is 10.2. The fraction of sp³-hybridized carbons (Fsp3) is 0.333. The van der Waals surface area contributed by atoms with E-state index in [9.17, 15) is 26.3 Å². The Hall–Kier alpha value is -3.92. The maximum Gasteiger partial charge on any atom is 0.490 e. The minimum Gasteiger partial charge on any atom is -0.475 e. The molecule has 0 unspecified atom stereocenters. The molecule has 0 aromatic carbocycles. The second-order valence-corrected chi connectivity index (χ2v) is 7.31. The first-order valence-corrected chi connectivity index (χ1v) is 10.1. The van der Waals surface area contributed by atoms with Gasteiger partial charge in [-0.25, -0.2) is 9.59 Å². The number of hydrogen-bond acceptors (Lipinski definition) is 7. The van der Waals surface area contributed by atoms with Crippen molar-refractivity contribution in [3.63, 3.8) is 0 Å². The Balaban J connectivity index is 0.000000286. The SMILES string of the molecule is O=C(O)C(F)(F)F.O=C(O)C(F)(F)F.c1cncc(COCc2n[nH]c3c2CN(Cc2ccco2)C3)c1. The average molecular weight is 538 g/mol. The van der Waals surface area contributed by atoms with Crippen molar-refractivity contribution in [2.75, 3.05) is 0 Å². The summed E-state index contributed by atoms with van der Waals surface area (Å²) in [5.74, 6) is -4.53. The number of carboxylic acid groups (broad SMARTS) is 2. The summed E-state index contributed by atoms with van der Waals surface area (Å²) in [5.41, 5.74) is 4.49. The standard InChI is InChI=1S/C17H18N4O2.2C2HF3O2/c1-3-13(7-18-5-1)11-22-12-17-15-9-21(10-16(15)19-20-17)8-14-4-2-6-23-14;2*3-2(4,5)1(6)7/h1-7H,8-12H2,(H,19,20);2*(H,6,7). The number of furan rings is 1. The molecule has 1 aliphatic heterocycles. The number of carboxylic acids is 2. The van der Waals surface area contributed by atoms with Gasteiger partial charge in [0.1, 0.15) is 5.76 Å². The van der Waals surface area contributed by atoms with Crippen molar-refractivity contribution in [1.29, 1.82) is 0 Å². The highest BCUT2D eigenvalue weighted by molar-refractivity contribution is 5.73. The highest BCUT2D eigenvalue weighted by atomic mass is 19.4. The van der Waals surface area contributed by atoms with Crippen LogP contribution in [0.5, 0.6) is 0 Å². The van der Waals surface area contributed by atoms with Crippen LogP contribution in [-0.2, 0) is 47.2 Å². The second kappa shape index (κ2) is 12.9. The van der Waals surface area contributed by atoms with E-state index in [-0.39, 0.29) is 0 Å². The Morgan fingerprint density at radius 3 is 2.19 bits per heavy atom. The van der Waals surface area contributed by atoms with Crippen LogP contribution in [0.25, 0.3) is 0 Å². The maximum atomic E-state index is 10.6. The van der Waals surface area contributed by atoms with Crippen LogP contribution in [0.1, 0.15) is 28.3 Å². The average Bonchev–Trinajstić information content (AvgIpc) is 3.54. The van der Waals surface area contributed by atoms with E-state index >= 15 is 0 Å². The van der Waals surface area contributed by atoms with Crippen LogP contribution < -0.4 is 0 Å². The van der Waals surface area contributed by atoms with Gasteiger partial charge in [-0.15, -0.1) is 0 Å². The molecule has 0 amide bonds. The minimum absolute atomic E-state index is 0.509. The lowest BCUT2D eigenvalue weighted by molar-refractivity contribution is -0.193. The molecular weight excluding hydrogens is 518 g/mol. The minimum atomic E-state index is -5.08. The molecule has 3 aromatic rings. The zero-order chi connectivity index (χ0) is 27.6. The molecule has 0 fully saturated rings. The van der Waals surface area contributed by atoms with Crippen LogP contribution in [0.3, 0.4) is 0 Å². The first-order chi connectivity index (χ1) is 17.3. The van der Waals surface area contributed by atoms with Gasteiger partial charge in [-0.05, 0) is 23.8 Å². The number of halogens is 6. The van der Waals surface area contributed by atoms with E-state index in [1.165, 1.54) is 11.3 Å². The largest absolute Gasteiger partial charge is 0.490 e. The smallest absolute Gasteiger partial charge is 0.475 e. The maximum absolute atomic E-state index is 10.6. The fourth-order valence-electron chi connectivity index (χ4n) is 2.87. The van der Waals surface area contributed by atoms with E-state index in [0.717, 1.165) is 36.7 Å². The van der Waals surface area contributed by atoms with Crippen molar-refractivity contribution in [3.8, 4) is 0 Å². The van der Waals surface area contributed by atoms with Crippen LogP contribution >= 0.6 is 0 Å². The van der Waals surface area contributed by atoms with E-state index in [4.69, 9.17) is 29.0 Å². The van der Waals surface area contributed by atoms with Gasteiger partial charge in [-0.1, -0.05) is 6.07 Å². The van der Waals surface area contributed by atoms with Crippen LogP contribution in [0.15, 0.2) is 47.3 Å². The predicted molar refractivity (Wildman–Crippen MR) is 110 cm³/mol. The number of ether oxygens (including phenoxy) is 1. The summed E-state index contributed by atoms with van der Waals surface area (Å²) in [7, 11) is 0. The lowest BCUT2D eigenvalue weighted by Gasteiger charge is -2.13. The van der Waals surface area contributed by atoms with Gasteiger partial charge in [0.15, 0.2) is 0 Å². The molecule has 0 spiro atoms. The normalized spacial score (nSPS) is 13.1. The molecule has 3 aromatic heterocycles. The van der Waals surface area contributed by atoms with Gasteiger partial charge in [-0.3, -0.25) is 15.0 Å². The molecule has 1 aliphatic rings. The summed E-state index contributed by atoms with van der Waals surface area (Å²) in [6.07, 6.45) is -4.87. The number of nitrogens with one attached hydrogen (secondary N) is 1. The number of rotatable bonds is 6. The van der Waals surface area contributed by atoms with Crippen LogP contribution in [0.4, 0.5) is 26.3 Å². The quantitative estimate of drug-likeness (QED) is 0.399. The summed E-state index contributed by atoms with van der Waals surface area (Å²) in [6.45, 7) is 3.61. The van der Waals surface area contributed by atoms with Gasteiger partial charge < -0.3 is 19.4 Å². The van der Waals surface area contributed by atoms with Crippen LogP contribution in [-0.4, -0.2) is 54.6 Å². The van der Waals surface area contributed by atoms with Gasteiger partial charge in [0.25, 0.3) is 0 Å². The van der Waals surface area contributed by atoms with Gasteiger partial charge in [0.2, 0.25) is 0 Å². The molecule has 4 heterocycles. The highest BCUT2D eigenvalue weighted by Gasteiger charge is 2.38. The van der Waals surface area contributed by atoms with Crippen molar-refractivity contribution in [3.05, 3.63) is 71.2 Å². The number of hydrogen-bond donors (Lipinski definition) is 3. The van der Waals surface area contributed by atoms with Gasteiger partial charge in [0.05, 0.1) is 37.4 Å². The lowest BCUT2D eigenvalue weighted by Crippen LogP contribution is -2.21. The Morgan fingerprint density at radius 2 is 1.68 bits per heavy atom. The first-order valence-electron chi connectivity index (χ1n) is 10.1. The van der Waals surface area contributed by atoms with Crippen LogP contribution in [0.2, 0.25) is 0 Å². The molecular formula is C21H20F6N4O6. The molecule has 37 heavy (non-hydrogen) atoms. The van der Waals surface area contributed by atoms with E-state index in [0.29, 0.717) is 13.2 Å². The number of aliphatic carboxylic acids is 2. The van der Waals surface area contributed by atoms with Gasteiger partial charge in [0, 0.05) is 31.0 Å². The number of carbonyl (C=O) groups is 2. The third-order valence-electron chi connectivity index (χ3n) is 4.48. The zero-order valence-electron chi connectivity index (χ0n) is 18.7. The molecule has 202 valence electrons. The molecule has 16 heteroatoms. The predicted octanol–water partition coefficient (Wildman–Crippen LogP) is 3.90. The van der Waals surface area contributed by atoms with Crippen molar-refractivity contribution < 1.29 is 55.3 Å². The van der Waals surface area contributed by atoms with Gasteiger partial charge in [-0.2, -0.15) is 31.4 Å². The third-order valence-corrected chi connectivity index (χ3v) is 4.48. The third kappa shape index (κ3) is 9.92. The van der Waals surface area contributed by atoms with Crippen molar-refractivity contribution in [2.45, 2.75) is 45.2 Å². The Labute approximate surface area is 204 Å². The van der Waals surface area contributed by atoms with Crippen molar-refractivity contribution >= 4 is 11.9 Å². The number of fused-ring (bicyclic) bond motifs is 1. The van der Waals surface area contributed by atoms with Crippen LogP contribution in [0, 0.1) is 0 Å². The van der Waals surface area contributed by atoms with E-state index in [1.54, 1.807) is 12.5 Å². The highest BCUT2D eigenvalue weighted by Crippen LogP contribution is 2.26. The number of nitrogens with zero attached hydrogens (tertiary/aromatic N) is 3. The zero-order valence-corrected chi connectivity index (χ0v) is 18.7. The topological polar surface area (TPSA) is 142 Å². The molecule has 0 saturated carbocycles. The molecule has 0 radical (unpaired) electrons. The van der Waals surface area contributed by atoms with E-state index in [1.807, 2.05) is 30.5 Å². The summed E-state index contributed by atoms with van der Waals surface area (Å²) in [6, 6.07) is 7.84. The first kappa shape index (κ1) is 29.3. The molecule has 0 bridgehead atoms. The van der Waals surface area contributed by atoms with Gasteiger partial charge >= 0.3 is 24.3 Å². The molecule has 3 N–H and O–H groups in total. The number of pyridine rings is 1. The molecule has 10 nitrogen and oxygen atoms in total. The molecule has 4 rings (SSSR count). The van der Waals surface area contributed by atoms with Crippen molar-refractivity contribution in [1.82, 2.24) is 20.1 Å². The fourth-order valence-corrected chi connectivity index (χ4v) is 2.87. The lowest BCUT2D eigenvalue weighted by atomic mass is 10.2. The number of aromatic amines is 1. The molecule has 0 aliphatic carbocycles. The number of alkyl halides is 6. The van der Waals surface area contributed by atoms with E-state index in [2.05, 4.69) is 20.1 Å². The summed E-state index contributed by atoms with van der Waals surface area (Å²) >= 11 is 0.